The van der Waals surface area contributed by atoms with E-state index in [1.54, 1.807) is 7.11 Å². The lowest BCUT2D eigenvalue weighted by Crippen LogP contribution is -2.19. The highest BCUT2D eigenvalue weighted by Gasteiger charge is 2.25. The van der Waals surface area contributed by atoms with Crippen molar-refractivity contribution in [3.63, 3.8) is 0 Å². The Kier molecular flexibility index (Phi) is 4.46. The van der Waals surface area contributed by atoms with Gasteiger partial charge in [-0.2, -0.15) is 0 Å². The molecule has 2 nitrogen and oxygen atoms in total. The van der Waals surface area contributed by atoms with Crippen LogP contribution in [0.5, 0.6) is 5.75 Å². The standard InChI is InChI=1S/C14H20BrNO/c1-17-14-7-6-11(8-13(14)15)12(9-16)10-4-2-3-5-10/h6-8,10,12H,2-5,9,16H2,1H3. The number of hydrogen-bond acceptors (Lipinski definition) is 2. The highest BCUT2D eigenvalue weighted by molar-refractivity contribution is 9.10. The van der Waals surface area contributed by atoms with E-state index in [-0.39, 0.29) is 0 Å². The Morgan fingerprint density at radius 1 is 1.41 bits per heavy atom. The van der Waals surface area contributed by atoms with E-state index in [0.717, 1.165) is 22.7 Å². The van der Waals surface area contributed by atoms with Crippen molar-refractivity contribution in [2.45, 2.75) is 31.6 Å². The maximum absolute atomic E-state index is 5.96. The molecule has 1 unspecified atom stereocenters. The zero-order valence-electron chi connectivity index (χ0n) is 10.3. The summed E-state index contributed by atoms with van der Waals surface area (Å²) in [6.45, 7) is 0.740. The van der Waals surface area contributed by atoms with Crippen molar-refractivity contribution in [2.24, 2.45) is 11.7 Å². The van der Waals surface area contributed by atoms with E-state index in [1.807, 2.05) is 6.07 Å². The van der Waals surface area contributed by atoms with Gasteiger partial charge < -0.3 is 10.5 Å². The predicted molar refractivity (Wildman–Crippen MR) is 74.4 cm³/mol. The van der Waals surface area contributed by atoms with E-state index in [4.69, 9.17) is 10.5 Å². The molecule has 1 aromatic carbocycles. The molecular formula is C14H20BrNO. The van der Waals surface area contributed by atoms with Gasteiger partial charge in [-0.25, -0.2) is 0 Å². The largest absolute Gasteiger partial charge is 0.496 e. The van der Waals surface area contributed by atoms with E-state index < -0.39 is 0 Å². The molecule has 0 heterocycles. The van der Waals surface area contributed by atoms with Crippen LogP contribution >= 0.6 is 15.9 Å². The first-order chi connectivity index (χ1) is 8.26. The van der Waals surface area contributed by atoms with Crippen molar-refractivity contribution in [3.8, 4) is 5.75 Å². The molecule has 1 aliphatic carbocycles. The molecule has 0 radical (unpaired) electrons. The predicted octanol–water partition coefficient (Wildman–Crippen LogP) is 3.69. The molecule has 0 amide bonds. The second-order valence-corrected chi connectivity index (χ2v) is 5.64. The molecule has 1 aromatic rings. The summed E-state index contributed by atoms with van der Waals surface area (Å²) in [6.07, 6.45) is 5.37. The maximum atomic E-state index is 5.96. The van der Waals surface area contributed by atoms with Gasteiger partial charge in [-0.1, -0.05) is 18.9 Å². The minimum atomic E-state index is 0.500. The van der Waals surface area contributed by atoms with Crippen LogP contribution in [0.4, 0.5) is 0 Å². The van der Waals surface area contributed by atoms with Crippen molar-refractivity contribution >= 4 is 15.9 Å². The minimum Gasteiger partial charge on any atom is -0.496 e. The van der Waals surface area contributed by atoms with Crippen molar-refractivity contribution < 1.29 is 4.74 Å². The Hall–Kier alpha value is -0.540. The van der Waals surface area contributed by atoms with E-state index in [9.17, 15) is 0 Å². The van der Waals surface area contributed by atoms with Crippen molar-refractivity contribution in [2.75, 3.05) is 13.7 Å². The molecule has 1 fully saturated rings. The molecule has 0 saturated heterocycles. The first-order valence-corrected chi connectivity index (χ1v) is 7.09. The second kappa shape index (κ2) is 5.87. The Labute approximate surface area is 112 Å². The van der Waals surface area contributed by atoms with Crippen LogP contribution in [-0.2, 0) is 0 Å². The highest BCUT2D eigenvalue weighted by Crippen LogP contribution is 2.38. The van der Waals surface area contributed by atoms with E-state index in [2.05, 4.69) is 28.1 Å². The maximum Gasteiger partial charge on any atom is 0.133 e. The summed E-state index contributed by atoms with van der Waals surface area (Å²) in [4.78, 5) is 0. The first kappa shape index (κ1) is 12.9. The number of hydrogen-bond donors (Lipinski definition) is 1. The van der Waals surface area contributed by atoms with Gasteiger partial charge in [-0.3, -0.25) is 0 Å². The fourth-order valence-corrected chi connectivity index (χ4v) is 3.43. The lowest BCUT2D eigenvalue weighted by molar-refractivity contribution is 0.410. The average molecular weight is 298 g/mol. The van der Waals surface area contributed by atoms with Crippen LogP contribution in [0.1, 0.15) is 37.2 Å². The number of methoxy groups -OCH3 is 1. The van der Waals surface area contributed by atoms with Crippen molar-refractivity contribution in [1.29, 1.82) is 0 Å². The molecule has 1 aliphatic rings. The summed E-state index contributed by atoms with van der Waals surface area (Å²) in [5.41, 5.74) is 7.30. The zero-order chi connectivity index (χ0) is 12.3. The molecule has 0 spiro atoms. The van der Waals surface area contributed by atoms with Crippen LogP contribution in [0.3, 0.4) is 0 Å². The van der Waals surface area contributed by atoms with Gasteiger partial charge in [0, 0.05) is 0 Å². The van der Waals surface area contributed by atoms with Gasteiger partial charge in [0.1, 0.15) is 5.75 Å². The Balaban J connectivity index is 2.21. The quantitative estimate of drug-likeness (QED) is 0.920. The van der Waals surface area contributed by atoms with Crippen molar-refractivity contribution in [1.82, 2.24) is 0 Å². The average Bonchev–Trinajstić information content (AvgIpc) is 2.84. The van der Waals surface area contributed by atoms with Crippen LogP contribution in [0.2, 0.25) is 0 Å². The molecule has 0 aliphatic heterocycles. The van der Waals surface area contributed by atoms with E-state index in [1.165, 1.54) is 31.2 Å². The van der Waals surface area contributed by atoms with E-state index in [0.29, 0.717) is 5.92 Å². The Morgan fingerprint density at radius 2 is 2.12 bits per heavy atom. The van der Waals surface area contributed by atoms with Gasteiger partial charge in [0.25, 0.3) is 0 Å². The smallest absolute Gasteiger partial charge is 0.133 e. The van der Waals surface area contributed by atoms with Gasteiger partial charge in [0.05, 0.1) is 11.6 Å². The molecular weight excluding hydrogens is 278 g/mol. The summed E-state index contributed by atoms with van der Waals surface area (Å²) in [5, 5.41) is 0. The third-order valence-corrected chi connectivity index (χ3v) is 4.45. The summed E-state index contributed by atoms with van der Waals surface area (Å²) in [6, 6.07) is 6.34. The van der Waals surface area contributed by atoms with Gasteiger partial charge in [-0.15, -0.1) is 0 Å². The van der Waals surface area contributed by atoms with Crippen LogP contribution < -0.4 is 10.5 Å². The summed E-state index contributed by atoms with van der Waals surface area (Å²) in [5.74, 6) is 2.15. The third kappa shape index (κ3) is 2.83. The normalized spacial score (nSPS) is 18.3. The van der Waals surface area contributed by atoms with Gasteiger partial charge in [-0.05, 0) is 64.8 Å². The van der Waals surface area contributed by atoms with Crippen LogP contribution in [-0.4, -0.2) is 13.7 Å². The molecule has 0 bridgehead atoms. The lowest BCUT2D eigenvalue weighted by atomic mass is 9.85. The van der Waals surface area contributed by atoms with Crippen LogP contribution in [0.25, 0.3) is 0 Å². The number of nitrogens with two attached hydrogens (primary N) is 1. The van der Waals surface area contributed by atoms with Crippen LogP contribution in [0.15, 0.2) is 22.7 Å². The number of ether oxygens (including phenoxy) is 1. The number of rotatable bonds is 4. The molecule has 2 rings (SSSR count). The summed E-state index contributed by atoms with van der Waals surface area (Å²) >= 11 is 3.55. The number of benzene rings is 1. The van der Waals surface area contributed by atoms with Crippen LogP contribution in [0, 0.1) is 5.92 Å². The second-order valence-electron chi connectivity index (χ2n) is 4.78. The minimum absolute atomic E-state index is 0.500. The Morgan fingerprint density at radius 3 is 2.65 bits per heavy atom. The Bertz CT molecular complexity index is 374. The molecule has 3 heteroatoms. The molecule has 1 atom stereocenters. The molecule has 0 aromatic heterocycles. The van der Waals surface area contributed by atoms with Gasteiger partial charge in [0.15, 0.2) is 0 Å². The van der Waals surface area contributed by atoms with Gasteiger partial charge >= 0.3 is 0 Å². The molecule has 2 N–H and O–H groups in total. The first-order valence-electron chi connectivity index (χ1n) is 6.29. The zero-order valence-corrected chi connectivity index (χ0v) is 11.9. The topological polar surface area (TPSA) is 35.2 Å². The summed E-state index contributed by atoms with van der Waals surface area (Å²) < 4.78 is 6.28. The van der Waals surface area contributed by atoms with Gasteiger partial charge in [0.2, 0.25) is 0 Å². The lowest BCUT2D eigenvalue weighted by Gasteiger charge is -2.22. The van der Waals surface area contributed by atoms with E-state index >= 15 is 0 Å². The fraction of sp³-hybridized carbons (Fsp3) is 0.571. The SMILES string of the molecule is COc1ccc(C(CN)C2CCCC2)cc1Br. The molecule has 94 valence electrons. The number of halogens is 1. The van der Waals surface area contributed by atoms with Crippen molar-refractivity contribution in [3.05, 3.63) is 28.2 Å². The molecule has 1 saturated carbocycles. The molecule has 17 heavy (non-hydrogen) atoms. The highest BCUT2D eigenvalue weighted by atomic mass is 79.9. The fourth-order valence-electron chi connectivity index (χ4n) is 2.87. The summed E-state index contributed by atoms with van der Waals surface area (Å²) in [7, 11) is 1.69. The monoisotopic (exact) mass is 297 g/mol. The third-order valence-electron chi connectivity index (χ3n) is 3.83.